The summed E-state index contributed by atoms with van der Waals surface area (Å²) in [6, 6.07) is 8.64. The van der Waals surface area contributed by atoms with Crippen molar-refractivity contribution in [2.45, 2.75) is 47.7 Å². The van der Waals surface area contributed by atoms with E-state index in [4.69, 9.17) is 0 Å². The molecule has 2 aliphatic rings. The van der Waals surface area contributed by atoms with Crippen LogP contribution in [0.1, 0.15) is 49.0 Å². The fourth-order valence-corrected chi connectivity index (χ4v) is 4.06. The zero-order valence-electron chi connectivity index (χ0n) is 11.3. The number of hydrogen-bond acceptors (Lipinski definition) is 4. The minimum atomic E-state index is 0.566. The topological polar surface area (TPSA) is 54.5 Å². The Morgan fingerprint density at radius 2 is 2.05 bits per heavy atom. The molecule has 2 saturated carbocycles. The Labute approximate surface area is 135 Å². The SMILES string of the molecule is N#Cc1c(Br)cccc1Sc1nnc(C2CC2)n1C1CC1. The van der Waals surface area contributed by atoms with Crippen LogP contribution >= 0.6 is 27.7 Å². The fourth-order valence-electron chi connectivity index (χ4n) is 2.45. The highest BCUT2D eigenvalue weighted by Gasteiger charge is 2.36. The van der Waals surface area contributed by atoms with Gasteiger partial charge in [0.15, 0.2) is 5.16 Å². The molecular weight excluding hydrogens is 348 g/mol. The summed E-state index contributed by atoms with van der Waals surface area (Å²) in [6.07, 6.45) is 4.90. The summed E-state index contributed by atoms with van der Waals surface area (Å²) in [4.78, 5) is 0.934. The van der Waals surface area contributed by atoms with Gasteiger partial charge >= 0.3 is 0 Å². The molecule has 1 aromatic carbocycles. The molecular formula is C15H13BrN4S. The number of hydrogen-bond donors (Lipinski definition) is 0. The van der Waals surface area contributed by atoms with Gasteiger partial charge in [-0.2, -0.15) is 5.26 Å². The van der Waals surface area contributed by atoms with Crippen molar-refractivity contribution in [3.8, 4) is 6.07 Å². The van der Waals surface area contributed by atoms with E-state index >= 15 is 0 Å². The van der Waals surface area contributed by atoms with Crippen LogP contribution in [0.2, 0.25) is 0 Å². The molecule has 1 heterocycles. The third kappa shape index (κ3) is 2.49. The highest BCUT2D eigenvalue weighted by Crippen LogP contribution is 2.47. The van der Waals surface area contributed by atoms with Crippen LogP contribution in [0.3, 0.4) is 0 Å². The second-order valence-electron chi connectivity index (χ2n) is 5.54. The molecule has 0 radical (unpaired) electrons. The number of nitriles is 1. The first-order valence-corrected chi connectivity index (χ1v) is 8.70. The lowest BCUT2D eigenvalue weighted by Crippen LogP contribution is -2.01. The molecule has 1 aromatic heterocycles. The molecule has 0 N–H and O–H groups in total. The van der Waals surface area contributed by atoms with E-state index < -0.39 is 0 Å². The molecule has 2 aromatic rings. The van der Waals surface area contributed by atoms with Crippen LogP contribution in [0.15, 0.2) is 32.7 Å². The average Bonchev–Trinajstić information content (AvgIpc) is 3.39. The third-order valence-corrected chi connectivity index (χ3v) is 5.52. The number of aromatic nitrogens is 3. The van der Waals surface area contributed by atoms with Gasteiger partial charge in [-0.15, -0.1) is 10.2 Å². The van der Waals surface area contributed by atoms with E-state index in [1.54, 1.807) is 11.8 Å². The first-order chi connectivity index (χ1) is 10.3. The zero-order valence-corrected chi connectivity index (χ0v) is 13.7. The lowest BCUT2D eigenvalue weighted by Gasteiger charge is -2.09. The van der Waals surface area contributed by atoms with Crippen molar-refractivity contribution in [1.82, 2.24) is 14.8 Å². The lowest BCUT2D eigenvalue weighted by atomic mass is 10.2. The zero-order chi connectivity index (χ0) is 14.4. The Bertz CT molecular complexity index is 741. The van der Waals surface area contributed by atoms with Gasteiger partial charge < -0.3 is 4.57 Å². The number of halogens is 1. The van der Waals surface area contributed by atoms with Crippen LogP contribution < -0.4 is 0 Å². The van der Waals surface area contributed by atoms with Gasteiger partial charge in [0, 0.05) is 21.3 Å². The summed E-state index contributed by atoms with van der Waals surface area (Å²) in [5.74, 6) is 1.75. The van der Waals surface area contributed by atoms with Crippen LogP contribution in [0.25, 0.3) is 0 Å². The molecule has 0 saturated heterocycles. The minimum absolute atomic E-state index is 0.566. The van der Waals surface area contributed by atoms with Gasteiger partial charge in [-0.3, -0.25) is 0 Å². The van der Waals surface area contributed by atoms with E-state index in [-0.39, 0.29) is 0 Å². The van der Waals surface area contributed by atoms with Gasteiger partial charge in [0.05, 0.1) is 5.56 Å². The van der Waals surface area contributed by atoms with Crippen LogP contribution in [-0.4, -0.2) is 14.8 Å². The number of nitrogens with zero attached hydrogens (tertiary/aromatic N) is 4. The standard InChI is InChI=1S/C15H13BrN4S/c16-12-2-1-3-13(11(12)8-17)21-15-19-18-14(9-4-5-9)20(15)10-6-7-10/h1-3,9-10H,4-7H2. The van der Waals surface area contributed by atoms with E-state index in [0.717, 1.165) is 20.3 Å². The van der Waals surface area contributed by atoms with Crippen LogP contribution in [0.4, 0.5) is 0 Å². The monoisotopic (exact) mass is 360 g/mol. The highest BCUT2D eigenvalue weighted by atomic mass is 79.9. The van der Waals surface area contributed by atoms with E-state index in [9.17, 15) is 5.26 Å². The Morgan fingerprint density at radius 1 is 1.24 bits per heavy atom. The maximum absolute atomic E-state index is 9.34. The van der Waals surface area contributed by atoms with Crippen molar-refractivity contribution in [2.24, 2.45) is 0 Å². The van der Waals surface area contributed by atoms with Crippen molar-refractivity contribution < 1.29 is 0 Å². The van der Waals surface area contributed by atoms with E-state index in [1.807, 2.05) is 18.2 Å². The van der Waals surface area contributed by atoms with Crippen molar-refractivity contribution in [3.63, 3.8) is 0 Å². The molecule has 6 heteroatoms. The predicted molar refractivity (Wildman–Crippen MR) is 83.2 cm³/mol. The van der Waals surface area contributed by atoms with Gasteiger partial charge in [0.1, 0.15) is 11.9 Å². The quantitative estimate of drug-likeness (QED) is 0.816. The smallest absolute Gasteiger partial charge is 0.196 e. The van der Waals surface area contributed by atoms with Gasteiger partial charge in [-0.05, 0) is 65.5 Å². The third-order valence-electron chi connectivity index (χ3n) is 3.83. The first kappa shape index (κ1) is 13.4. The number of rotatable bonds is 4. The Hall–Kier alpha value is -1.32. The fraction of sp³-hybridized carbons (Fsp3) is 0.400. The van der Waals surface area contributed by atoms with Gasteiger partial charge in [0.2, 0.25) is 0 Å². The summed E-state index contributed by atoms with van der Waals surface area (Å²) >= 11 is 4.99. The van der Waals surface area contributed by atoms with Crippen molar-refractivity contribution in [2.75, 3.05) is 0 Å². The maximum atomic E-state index is 9.34. The molecule has 2 fully saturated rings. The summed E-state index contributed by atoms with van der Waals surface area (Å²) in [5, 5.41) is 19.1. The molecule has 0 spiro atoms. The van der Waals surface area contributed by atoms with Crippen molar-refractivity contribution in [3.05, 3.63) is 34.1 Å². The summed E-state index contributed by atoms with van der Waals surface area (Å²) in [6.45, 7) is 0. The summed E-state index contributed by atoms with van der Waals surface area (Å²) in [7, 11) is 0. The molecule has 106 valence electrons. The predicted octanol–water partition coefficient (Wildman–Crippen LogP) is 4.28. The maximum Gasteiger partial charge on any atom is 0.196 e. The largest absolute Gasteiger partial charge is 0.302 e. The lowest BCUT2D eigenvalue weighted by molar-refractivity contribution is 0.627. The Balaban J connectivity index is 1.72. The van der Waals surface area contributed by atoms with Crippen LogP contribution in [0.5, 0.6) is 0 Å². The molecule has 0 atom stereocenters. The van der Waals surface area contributed by atoms with E-state index in [1.165, 1.54) is 25.7 Å². The molecule has 4 rings (SSSR count). The first-order valence-electron chi connectivity index (χ1n) is 7.09. The van der Waals surface area contributed by atoms with Crippen molar-refractivity contribution >= 4 is 27.7 Å². The average molecular weight is 361 g/mol. The van der Waals surface area contributed by atoms with Crippen molar-refractivity contribution in [1.29, 1.82) is 5.26 Å². The second kappa shape index (κ2) is 5.15. The second-order valence-corrected chi connectivity index (χ2v) is 7.41. The summed E-state index contributed by atoms with van der Waals surface area (Å²) < 4.78 is 3.14. The Morgan fingerprint density at radius 3 is 2.71 bits per heavy atom. The van der Waals surface area contributed by atoms with Gasteiger partial charge in [-0.25, -0.2) is 0 Å². The molecule has 4 nitrogen and oxygen atoms in total. The van der Waals surface area contributed by atoms with Gasteiger partial charge in [0.25, 0.3) is 0 Å². The molecule has 0 aliphatic heterocycles. The van der Waals surface area contributed by atoms with E-state index in [2.05, 4.69) is 36.8 Å². The molecule has 0 amide bonds. The Kier molecular flexibility index (Phi) is 3.27. The minimum Gasteiger partial charge on any atom is -0.302 e. The van der Waals surface area contributed by atoms with Crippen LogP contribution in [0, 0.1) is 11.3 Å². The molecule has 0 unspecified atom stereocenters. The molecule has 0 bridgehead atoms. The van der Waals surface area contributed by atoms with Crippen LogP contribution in [-0.2, 0) is 0 Å². The number of benzene rings is 1. The van der Waals surface area contributed by atoms with Gasteiger partial charge in [-0.1, -0.05) is 6.07 Å². The highest BCUT2D eigenvalue weighted by molar-refractivity contribution is 9.10. The molecule has 2 aliphatic carbocycles. The summed E-state index contributed by atoms with van der Waals surface area (Å²) in [5.41, 5.74) is 0.667. The van der Waals surface area contributed by atoms with E-state index in [0.29, 0.717) is 17.5 Å². The normalized spacial score (nSPS) is 17.7. The molecule has 21 heavy (non-hydrogen) atoms.